The molecular weight excluding hydrogens is 284 g/mol. The number of carbonyl (C=O) groups excluding carboxylic acids is 1. The van der Waals surface area contributed by atoms with Crippen LogP contribution < -0.4 is 10.2 Å². The molecule has 0 saturated heterocycles. The highest BCUT2D eigenvalue weighted by Crippen LogP contribution is 2.32. The number of fused-ring (bicyclic) bond motifs is 1. The molecule has 23 heavy (non-hydrogen) atoms. The third kappa shape index (κ3) is 3.09. The summed E-state index contributed by atoms with van der Waals surface area (Å²) >= 11 is 0. The van der Waals surface area contributed by atoms with Gasteiger partial charge in [0.1, 0.15) is 0 Å². The number of urea groups is 1. The lowest BCUT2D eigenvalue weighted by molar-refractivity contribution is 0.242. The summed E-state index contributed by atoms with van der Waals surface area (Å²) < 4.78 is 0. The van der Waals surface area contributed by atoms with Crippen LogP contribution in [0.1, 0.15) is 31.9 Å². The predicted molar refractivity (Wildman–Crippen MR) is 95.0 cm³/mol. The van der Waals surface area contributed by atoms with E-state index in [9.17, 15) is 4.79 Å². The number of benzene rings is 2. The fraction of sp³-hybridized carbons (Fsp3) is 0.350. The third-order valence-corrected chi connectivity index (χ3v) is 4.66. The predicted octanol–water partition coefficient (Wildman–Crippen LogP) is 4.13. The molecule has 2 amide bonds. The van der Waals surface area contributed by atoms with E-state index in [-0.39, 0.29) is 17.5 Å². The molecule has 0 saturated carbocycles. The van der Waals surface area contributed by atoms with Gasteiger partial charge in [-0.25, -0.2) is 4.79 Å². The number of para-hydroxylation sites is 1. The zero-order valence-electron chi connectivity index (χ0n) is 14.0. The molecule has 0 spiro atoms. The Kier molecular flexibility index (Phi) is 4.12. The SMILES string of the molecule is CC1Cc2ccccc2N1C(=O)NCC(C)(C)c1ccccc1. The molecule has 1 aliphatic rings. The summed E-state index contributed by atoms with van der Waals surface area (Å²) in [6, 6.07) is 18.7. The standard InChI is InChI=1S/C20H24N2O/c1-15-13-16-9-7-8-12-18(16)22(15)19(23)21-14-20(2,3)17-10-5-4-6-11-17/h4-12,15H,13-14H2,1-3H3,(H,21,23). The van der Waals surface area contributed by atoms with Crippen LogP contribution in [0.2, 0.25) is 0 Å². The lowest BCUT2D eigenvalue weighted by Gasteiger charge is -2.29. The number of anilines is 1. The number of carbonyl (C=O) groups is 1. The Morgan fingerprint density at radius 2 is 1.78 bits per heavy atom. The topological polar surface area (TPSA) is 32.3 Å². The Hall–Kier alpha value is -2.29. The van der Waals surface area contributed by atoms with Gasteiger partial charge in [-0.1, -0.05) is 62.4 Å². The van der Waals surface area contributed by atoms with Crippen LogP contribution in [-0.4, -0.2) is 18.6 Å². The van der Waals surface area contributed by atoms with Gasteiger partial charge < -0.3 is 5.32 Å². The zero-order valence-corrected chi connectivity index (χ0v) is 14.0. The van der Waals surface area contributed by atoms with E-state index in [0.717, 1.165) is 12.1 Å². The van der Waals surface area contributed by atoms with E-state index in [1.807, 2.05) is 41.3 Å². The quantitative estimate of drug-likeness (QED) is 0.908. The second-order valence-corrected chi connectivity index (χ2v) is 6.96. The summed E-state index contributed by atoms with van der Waals surface area (Å²) in [4.78, 5) is 14.6. The van der Waals surface area contributed by atoms with Crippen LogP contribution in [0.15, 0.2) is 54.6 Å². The summed E-state index contributed by atoms with van der Waals surface area (Å²) in [5.74, 6) is 0. The van der Waals surface area contributed by atoms with E-state index in [2.05, 4.69) is 44.3 Å². The summed E-state index contributed by atoms with van der Waals surface area (Å²) in [7, 11) is 0. The van der Waals surface area contributed by atoms with Crippen molar-refractivity contribution in [3.63, 3.8) is 0 Å². The van der Waals surface area contributed by atoms with Gasteiger partial charge in [-0.2, -0.15) is 0 Å². The summed E-state index contributed by atoms with van der Waals surface area (Å²) in [6.45, 7) is 7.02. The van der Waals surface area contributed by atoms with Crippen molar-refractivity contribution < 1.29 is 4.79 Å². The highest BCUT2D eigenvalue weighted by atomic mass is 16.2. The van der Waals surface area contributed by atoms with Crippen molar-refractivity contribution in [2.75, 3.05) is 11.4 Å². The lowest BCUT2D eigenvalue weighted by atomic mass is 9.85. The lowest BCUT2D eigenvalue weighted by Crippen LogP contribution is -2.47. The molecule has 3 rings (SSSR count). The molecule has 1 N–H and O–H groups in total. The Balaban J connectivity index is 1.71. The van der Waals surface area contributed by atoms with Gasteiger partial charge in [0.2, 0.25) is 0 Å². The molecule has 3 nitrogen and oxygen atoms in total. The maximum atomic E-state index is 12.7. The van der Waals surface area contributed by atoms with Crippen LogP contribution in [0.5, 0.6) is 0 Å². The first kappa shape index (κ1) is 15.6. The highest BCUT2D eigenvalue weighted by Gasteiger charge is 2.31. The highest BCUT2D eigenvalue weighted by molar-refractivity contribution is 5.95. The number of hydrogen-bond donors (Lipinski definition) is 1. The van der Waals surface area contributed by atoms with Crippen LogP contribution in [-0.2, 0) is 11.8 Å². The van der Waals surface area contributed by atoms with Gasteiger partial charge in [0.15, 0.2) is 0 Å². The average Bonchev–Trinajstić information content (AvgIpc) is 2.89. The Morgan fingerprint density at radius 3 is 2.52 bits per heavy atom. The van der Waals surface area contributed by atoms with Gasteiger partial charge in [0.05, 0.1) is 0 Å². The first-order valence-electron chi connectivity index (χ1n) is 8.19. The number of nitrogens with one attached hydrogen (secondary N) is 1. The zero-order chi connectivity index (χ0) is 16.4. The van der Waals surface area contributed by atoms with Gasteiger partial charge in [0, 0.05) is 23.7 Å². The Bertz CT molecular complexity index is 694. The fourth-order valence-electron chi connectivity index (χ4n) is 3.25. The molecule has 0 aromatic heterocycles. The van der Waals surface area contributed by atoms with Crippen molar-refractivity contribution in [2.24, 2.45) is 0 Å². The van der Waals surface area contributed by atoms with Crippen LogP contribution in [0.4, 0.5) is 10.5 Å². The fourth-order valence-corrected chi connectivity index (χ4v) is 3.25. The monoisotopic (exact) mass is 308 g/mol. The molecule has 3 heteroatoms. The van der Waals surface area contributed by atoms with Crippen molar-refractivity contribution in [2.45, 2.75) is 38.6 Å². The molecule has 0 bridgehead atoms. The van der Waals surface area contributed by atoms with E-state index >= 15 is 0 Å². The largest absolute Gasteiger partial charge is 0.337 e. The molecule has 0 fully saturated rings. The minimum Gasteiger partial charge on any atom is -0.337 e. The minimum atomic E-state index is -0.0978. The molecule has 2 aromatic carbocycles. The Morgan fingerprint density at radius 1 is 1.13 bits per heavy atom. The Labute approximate surface area is 138 Å². The number of rotatable bonds is 3. The van der Waals surface area contributed by atoms with E-state index in [1.54, 1.807) is 0 Å². The van der Waals surface area contributed by atoms with Crippen molar-refractivity contribution >= 4 is 11.7 Å². The van der Waals surface area contributed by atoms with Gasteiger partial charge in [-0.3, -0.25) is 4.90 Å². The van der Waals surface area contributed by atoms with Crippen molar-refractivity contribution in [3.05, 3.63) is 65.7 Å². The molecular formula is C20H24N2O. The molecule has 1 aliphatic heterocycles. The second kappa shape index (κ2) is 6.07. The molecule has 1 heterocycles. The van der Waals surface area contributed by atoms with E-state index in [4.69, 9.17) is 0 Å². The van der Waals surface area contributed by atoms with Crippen LogP contribution in [0.3, 0.4) is 0 Å². The van der Waals surface area contributed by atoms with Gasteiger partial charge in [-0.05, 0) is 30.5 Å². The maximum Gasteiger partial charge on any atom is 0.322 e. The molecule has 2 aromatic rings. The normalized spacial score (nSPS) is 17.0. The van der Waals surface area contributed by atoms with E-state index < -0.39 is 0 Å². The summed E-state index contributed by atoms with van der Waals surface area (Å²) in [6.07, 6.45) is 0.922. The second-order valence-electron chi connectivity index (χ2n) is 6.96. The van der Waals surface area contributed by atoms with Crippen molar-refractivity contribution in [1.82, 2.24) is 5.32 Å². The van der Waals surface area contributed by atoms with Crippen molar-refractivity contribution in [1.29, 1.82) is 0 Å². The first-order chi connectivity index (χ1) is 11.0. The molecule has 0 radical (unpaired) electrons. The van der Waals surface area contributed by atoms with Crippen LogP contribution in [0.25, 0.3) is 0 Å². The van der Waals surface area contributed by atoms with E-state index in [1.165, 1.54) is 11.1 Å². The summed E-state index contributed by atoms with van der Waals surface area (Å²) in [5, 5.41) is 3.12. The van der Waals surface area contributed by atoms with Gasteiger partial charge in [0.25, 0.3) is 0 Å². The van der Waals surface area contributed by atoms with Crippen LogP contribution >= 0.6 is 0 Å². The maximum absolute atomic E-state index is 12.7. The van der Waals surface area contributed by atoms with Crippen molar-refractivity contribution in [3.8, 4) is 0 Å². The molecule has 1 atom stereocenters. The molecule has 1 unspecified atom stereocenters. The van der Waals surface area contributed by atoms with Gasteiger partial charge >= 0.3 is 6.03 Å². The smallest absolute Gasteiger partial charge is 0.322 e. The average molecular weight is 308 g/mol. The number of amides is 2. The minimum absolute atomic E-state index is 0.00791. The summed E-state index contributed by atoms with van der Waals surface area (Å²) in [5.41, 5.74) is 3.42. The first-order valence-corrected chi connectivity index (χ1v) is 8.19. The van der Waals surface area contributed by atoms with Crippen LogP contribution in [0, 0.1) is 0 Å². The molecule has 0 aliphatic carbocycles. The third-order valence-electron chi connectivity index (χ3n) is 4.66. The number of hydrogen-bond acceptors (Lipinski definition) is 1. The van der Waals surface area contributed by atoms with Gasteiger partial charge in [-0.15, -0.1) is 0 Å². The van der Waals surface area contributed by atoms with E-state index in [0.29, 0.717) is 6.54 Å². The number of nitrogens with zero attached hydrogens (tertiary/aromatic N) is 1. The molecule has 120 valence electrons.